The molecule has 0 aliphatic carbocycles. The summed E-state index contributed by atoms with van der Waals surface area (Å²) in [5.41, 5.74) is 1.14. The van der Waals surface area contributed by atoms with Crippen LogP contribution in [0.15, 0.2) is 23.1 Å². The van der Waals surface area contributed by atoms with E-state index in [1.54, 1.807) is 20.8 Å². The number of H-pyrrole nitrogens is 1. The molecular formula is C21H25ClN2O7S. The predicted molar refractivity (Wildman–Crippen MR) is 118 cm³/mol. The number of Topliss-reactive ketones (excluding diaryl/α,β-unsaturated/α-hetero) is 1. The molecule has 1 N–H and O–H groups in total. The van der Waals surface area contributed by atoms with Gasteiger partial charge in [-0.2, -0.15) is 0 Å². The molecule has 0 saturated carbocycles. The Balaban J connectivity index is 2.28. The second-order valence-electron chi connectivity index (χ2n) is 7.19. The predicted octanol–water partition coefficient (Wildman–Crippen LogP) is 3.14. The van der Waals surface area contributed by atoms with Gasteiger partial charge in [-0.15, -0.1) is 0 Å². The molecule has 0 spiro atoms. The number of sulfonamides is 1. The fraction of sp³-hybridized carbons (Fsp3) is 0.381. The van der Waals surface area contributed by atoms with Crippen LogP contribution in [0.25, 0.3) is 0 Å². The highest BCUT2D eigenvalue weighted by atomic mass is 35.5. The van der Waals surface area contributed by atoms with Crippen LogP contribution in [-0.2, 0) is 19.5 Å². The summed E-state index contributed by atoms with van der Waals surface area (Å²) in [5, 5.41) is -0.0524. The van der Waals surface area contributed by atoms with Crippen LogP contribution in [0, 0.1) is 13.8 Å². The van der Waals surface area contributed by atoms with Gasteiger partial charge in [0.25, 0.3) is 0 Å². The molecule has 1 atom stereocenters. The first kappa shape index (κ1) is 25.6. The number of benzene rings is 1. The van der Waals surface area contributed by atoms with Crippen molar-refractivity contribution in [3.8, 4) is 0 Å². The first-order valence-corrected chi connectivity index (χ1v) is 11.5. The van der Waals surface area contributed by atoms with Crippen molar-refractivity contribution in [3.63, 3.8) is 0 Å². The van der Waals surface area contributed by atoms with E-state index in [9.17, 15) is 22.8 Å². The third-order valence-electron chi connectivity index (χ3n) is 4.74. The molecule has 1 unspecified atom stereocenters. The van der Waals surface area contributed by atoms with Gasteiger partial charge in [0.1, 0.15) is 4.90 Å². The standard InChI is InChI=1S/C21H25ClN2O7S/c1-7-30-21(27)17-11(2)18(23-12(17)3)19(25)13(4)31-20(26)14-8-9-15(22)16(10-14)32(28,29)24(5)6/h8-10,13,23H,7H2,1-6H3. The monoisotopic (exact) mass is 484 g/mol. The number of hydrogen-bond acceptors (Lipinski definition) is 7. The summed E-state index contributed by atoms with van der Waals surface area (Å²) < 4.78 is 36.1. The molecule has 0 saturated heterocycles. The highest BCUT2D eigenvalue weighted by Gasteiger charge is 2.29. The quantitative estimate of drug-likeness (QED) is 0.451. The molecular weight excluding hydrogens is 460 g/mol. The lowest BCUT2D eigenvalue weighted by Gasteiger charge is -2.15. The lowest BCUT2D eigenvalue weighted by atomic mass is 10.1. The van der Waals surface area contributed by atoms with Crippen LogP contribution < -0.4 is 0 Å². The number of ether oxygens (including phenoxy) is 2. The van der Waals surface area contributed by atoms with Gasteiger partial charge < -0.3 is 14.5 Å². The number of esters is 2. The van der Waals surface area contributed by atoms with E-state index >= 15 is 0 Å². The van der Waals surface area contributed by atoms with Crippen LogP contribution in [0.2, 0.25) is 5.02 Å². The molecule has 0 bridgehead atoms. The zero-order valence-corrected chi connectivity index (χ0v) is 20.2. The van der Waals surface area contributed by atoms with Crippen molar-refractivity contribution in [2.75, 3.05) is 20.7 Å². The van der Waals surface area contributed by atoms with Crippen molar-refractivity contribution >= 4 is 39.3 Å². The molecule has 0 amide bonds. The van der Waals surface area contributed by atoms with Crippen LogP contribution in [0.4, 0.5) is 0 Å². The Morgan fingerprint density at radius 1 is 1.16 bits per heavy atom. The smallest absolute Gasteiger partial charge is 0.340 e. The largest absolute Gasteiger partial charge is 0.462 e. The number of ketones is 1. The molecule has 2 aromatic rings. The van der Waals surface area contributed by atoms with E-state index < -0.39 is 33.8 Å². The minimum atomic E-state index is -3.89. The van der Waals surface area contributed by atoms with E-state index in [-0.39, 0.29) is 33.3 Å². The number of nitrogens with zero attached hydrogens (tertiary/aromatic N) is 1. The average Bonchev–Trinajstić information content (AvgIpc) is 3.01. The Morgan fingerprint density at radius 3 is 2.34 bits per heavy atom. The fourth-order valence-corrected chi connectivity index (χ4v) is 4.41. The van der Waals surface area contributed by atoms with Gasteiger partial charge in [-0.3, -0.25) is 4.79 Å². The van der Waals surface area contributed by atoms with E-state index in [0.29, 0.717) is 11.3 Å². The number of halogens is 1. The lowest BCUT2D eigenvalue weighted by molar-refractivity contribution is 0.0316. The van der Waals surface area contributed by atoms with Crippen molar-refractivity contribution in [2.45, 2.75) is 38.7 Å². The summed E-state index contributed by atoms with van der Waals surface area (Å²) in [6.07, 6.45) is -1.21. The number of carbonyl (C=O) groups is 3. The van der Waals surface area contributed by atoms with Crippen molar-refractivity contribution in [1.82, 2.24) is 9.29 Å². The van der Waals surface area contributed by atoms with Gasteiger partial charge in [-0.25, -0.2) is 22.3 Å². The zero-order valence-electron chi connectivity index (χ0n) is 18.6. The highest BCUT2D eigenvalue weighted by Crippen LogP contribution is 2.26. The Bertz CT molecular complexity index is 1170. The third kappa shape index (κ3) is 5.03. The molecule has 0 aliphatic heterocycles. The minimum Gasteiger partial charge on any atom is -0.462 e. The summed E-state index contributed by atoms with van der Waals surface area (Å²) in [6, 6.07) is 3.67. The van der Waals surface area contributed by atoms with Gasteiger partial charge in [0, 0.05) is 19.8 Å². The van der Waals surface area contributed by atoms with Crippen molar-refractivity contribution in [1.29, 1.82) is 0 Å². The molecule has 0 fully saturated rings. The fourth-order valence-electron chi connectivity index (χ4n) is 3.02. The van der Waals surface area contributed by atoms with E-state index in [1.807, 2.05) is 0 Å². The van der Waals surface area contributed by atoms with Crippen LogP contribution in [-0.4, -0.2) is 62.2 Å². The first-order chi connectivity index (χ1) is 14.8. The molecule has 1 aromatic heterocycles. The maximum atomic E-state index is 12.9. The molecule has 1 aromatic carbocycles. The van der Waals surface area contributed by atoms with Crippen molar-refractivity contribution in [3.05, 3.63) is 51.3 Å². The number of rotatable bonds is 8. The molecule has 9 nitrogen and oxygen atoms in total. The first-order valence-electron chi connectivity index (χ1n) is 9.66. The van der Waals surface area contributed by atoms with Crippen LogP contribution in [0.1, 0.15) is 56.3 Å². The van der Waals surface area contributed by atoms with Crippen LogP contribution in [0.3, 0.4) is 0 Å². The summed E-state index contributed by atoms with van der Waals surface area (Å²) in [5.74, 6) is -2.01. The molecule has 0 radical (unpaired) electrons. The molecule has 32 heavy (non-hydrogen) atoms. The van der Waals surface area contributed by atoms with Gasteiger partial charge >= 0.3 is 11.9 Å². The van der Waals surface area contributed by atoms with Crippen molar-refractivity contribution < 1.29 is 32.3 Å². The summed E-state index contributed by atoms with van der Waals surface area (Å²) in [6.45, 7) is 6.47. The molecule has 1 heterocycles. The number of carbonyl (C=O) groups excluding carboxylic acids is 3. The van der Waals surface area contributed by atoms with Gasteiger partial charge in [0.05, 0.1) is 28.5 Å². The number of aromatic amines is 1. The Kier molecular flexibility index (Phi) is 7.87. The van der Waals surface area contributed by atoms with E-state index in [1.165, 1.54) is 33.2 Å². The number of aromatic nitrogens is 1. The topological polar surface area (TPSA) is 123 Å². The number of aryl methyl sites for hydroxylation is 1. The zero-order chi connectivity index (χ0) is 24.4. The van der Waals surface area contributed by atoms with Crippen LogP contribution >= 0.6 is 11.6 Å². The van der Waals surface area contributed by atoms with Gasteiger partial charge in [-0.1, -0.05) is 11.6 Å². The normalized spacial score (nSPS) is 12.5. The van der Waals surface area contributed by atoms with Gasteiger partial charge in [-0.05, 0) is 51.5 Å². The summed E-state index contributed by atoms with van der Waals surface area (Å²) >= 11 is 5.99. The molecule has 174 valence electrons. The SMILES string of the molecule is CCOC(=O)c1c(C)[nH]c(C(=O)C(C)OC(=O)c2ccc(Cl)c(S(=O)(=O)N(C)C)c2)c1C. The third-order valence-corrected chi connectivity index (χ3v) is 7.04. The molecule has 0 aliphatic rings. The second kappa shape index (κ2) is 9.85. The second-order valence-corrected chi connectivity index (χ2v) is 9.72. The number of hydrogen-bond donors (Lipinski definition) is 1. The van der Waals surface area contributed by atoms with E-state index in [2.05, 4.69) is 4.98 Å². The number of nitrogens with one attached hydrogen (secondary N) is 1. The maximum absolute atomic E-state index is 12.9. The van der Waals surface area contributed by atoms with Gasteiger partial charge in [0.2, 0.25) is 15.8 Å². The van der Waals surface area contributed by atoms with E-state index in [4.69, 9.17) is 21.1 Å². The summed E-state index contributed by atoms with van der Waals surface area (Å²) in [7, 11) is -1.22. The Hall–Kier alpha value is -2.69. The Morgan fingerprint density at radius 2 is 1.78 bits per heavy atom. The summed E-state index contributed by atoms with van der Waals surface area (Å²) in [4.78, 5) is 40.2. The molecule has 2 rings (SSSR count). The molecule has 11 heteroatoms. The highest BCUT2D eigenvalue weighted by molar-refractivity contribution is 7.89. The average molecular weight is 485 g/mol. The minimum absolute atomic E-state index is 0.0524. The lowest BCUT2D eigenvalue weighted by Crippen LogP contribution is -2.26. The van der Waals surface area contributed by atoms with Gasteiger partial charge in [0.15, 0.2) is 6.10 Å². The maximum Gasteiger partial charge on any atom is 0.340 e. The van der Waals surface area contributed by atoms with Crippen molar-refractivity contribution in [2.24, 2.45) is 0 Å². The van der Waals surface area contributed by atoms with E-state index in [0.717, 1.165) is 10.4 Å². The van der Waals surface area contributed by atoms with Crippen LogP contribution in [0.5, 0.6) is 0 Å². The Labute approximate surface area is 191 Å².